The van der Waals surface area contributed by atoms with Crippen LogP contribution in [0.15, 0.2) is 48.5 Å². The predicted octanol–water partition coefficient (Wildman–Crippen LogP) is 3.93. The van der Waals surface area contributed by atoms with Gasteiger partial charge >= 0.3 is 0 Å². The highest BCUT2D eigenvalue weighted by molar-refractivity contribution is 7.83. The van der Waals surface area contributed by atoms with Crippen molar-refractivity contribution in [2.24, 2.45) is 0 Å². The summed E-state index contributed by atoms with van der Waals surface area (Å²) in [5.41, 5.74) is 1.86. The number of hydrogen-bond donors (Lipinski definition) is 0. The van der Waals surface area contributed by atoms with Crippen LogP contribution in [0.25, 0.3) is 0 Å². The second kappa shape index (κ2) is 6.12. The van der Waals surface area contributed by atoms with Gasteiger partial charge in [-0.2, -0.15) is 0 Å². The highest BCUT2D eigenvalue weighted by Crippen LogP contribution is 2.13. The van der Waals surface area contributed by atoms with Crippen molar-refractivity contribution in [3.63, 3.8) is 0 Å². The molecule has 0 radical (unpaired) electrons. The van der Waals surface area contributed by atoms with E-state index in [-0.39, 0.29) is 5.82 Å². The van der Waals surface area contributed by atoms with Gasteiger partial charge in [0.1, 0.15) is 5.82 Å². The van der Waals surface area contributed by atoms with E-state index in [1.807, 2.05) is 12.1 Å². The largest absolute Gasteiger partial charge is 0.259 e. The highest BCUT2D eigenvalue weighted by Gasteiger charge is 2.04. The Morgan fingerprint density at radius 3 is 1.83 bits per heavy atom. The highest BCUT2D eigenvalue weighted by atomic mass is 35.5. The Kier molecular flexibility index (Phi) is 4.50. The van der Waals surface area contributed by atoms with Crippen LogP contribution in [0.1, 0.15) is 11.1 Å². The maximum Gasteiger partial charge on any atom is 0.123 e. The minimum absolute atomic E-state index is 0.276. The van der Waals surface area contributed by atoms with Crippen LogP contribution in [-0.4, -0.2) is 4.21 Å². The second-order valence-corrected chi connectivity index (χ2v) is 5.87. The Balaban J connectivity index is 1.96. The summed E-state index contributed by atoms with van der Waals surface area (Å²) in [4.78, 5) is 0. The van der Waals surface area contributed by atoms with E-state index >= 15 is 0 Å². The molecule has 0 saturated carbocycles. The summed E-state index contributed by atoms with van der Waals surface area (Å²) in [6, 6.07) is 13.4. The van der Waals surface area contributed by atoms with Gasteiger partial charge in [0.15, 0.2) is 0 Å². The van der Waals surface area contributed by atoms with E-state index in [0.717, 1.165) is 11.1 Å². The van der Waals surface area contributed by atoms with Crippen molar-refractivity contribution in [3.8, 4) is 0 Å². The maximum atomic E-state index is 12.7. The van der Waals surface area contributed by atoms with Gasteiger partial charge in [-0.3, -0.25) is 4.21 Å². The van der Waals surface area contributed by atoms with Crippen molar-refractivity contribution in [1.29, 1.82) is 0 Å². The number of benzene rings is 2. The number of halogens is 2. The fourth-order valence-corrected chi connectivity index (χ4v) is 2.94. The molecule has 0 heterocycles. The van der Waals surface area contributed by atoms with Crippen LogP contribution in [0.2, 0.25) is 5.02 Å². The summed E-state index contributed by atoms with van der Waals surface area (Å²) in [6.45, 7) is 0. The van der Waals surface area contributed by atoms with Gasteiger partial charge in [-0.1, -0.05) is 35.9 Å². The summed E-state index contributed by atoms with van der Waals surface area (Å²) in [7, 11) is -1.00. The van der Waals surface area contributed by atoms with Crippen LogP contribution in [0.4, 0.5) is 4.39 Å². The average Bonchev–Trinajstić information content (AvgIpc) is 2.35. The lowest BCUT2D eigenvalue weighted by atomic mass is 10.2. The van der Waals surface area contributed by atoms with E-state index in [1.54, 1.807) is 24.3 Å². The Morgan fingerprint density at radius 1 is 0.889 bits per heavy atom. The Bertz CT molecular complexity index is 487. The molecular formula is C14H12ClFOS. The van der Waals surface area contributed by atoms with Gasteiger partial charge in [-0.25, -0.2) is 4.39 Å². The molecule has 0 N–H and O–H groups in total. The molecule has 0 unspecified atom stereocenters. The normalized spacial score (nSPS) is 12.3. The fourth-order valence-electron chi connectivity index (χ4n) is 1.58. The molecule has 0 aliphatic carbocycles. The van der Waals surface area contributed by atoms with Gasteiger partial charge in [0.25, 0.3) is 0 Å². The Hall–Kier alpha value is -1.19. The van der Waals surface area contributed by atoms with Crippen molar-refractivity contribution < 1.29 is 8.60 Å². The molecule has 18 heavy (non-hydrogen) atoms. The van der Waals surface area contributed by atoms with Crippen molar-refractivity contribution in [3.05, 3.63) is 70.5 Å². The lowest BCUT2D eigenvalue weighted by molar-refractivity contribution is 0.627. The summed E-state index contributed by atoms with van der Waals surface area (Å²) in [6.07, 6.45) is 0. The fraction of sp³-hybridized carbons (Fsp3) is 0.143. The molecule has 0 aliphatic rings. The molecule has 2 aromatic rings. The van der Waals surface area contributed by atoms with Gasteiger partial charge in [0.2, 0.25) is 0 Å². The first kappa shape index (κ1) is 13.2. The molecule has 0 bridgehead atoms. The molecule has 0 saturated heterocycles. The van der Waals surface area contributed by atoms with E-state index in [1.165, 1.54) is 12.1 Å². The smallest absolute Gasteiger partial charge is 0.123 e. The zero-order valence-electron chi connectivity index (χ0n) is 9.61. The van der Waals surface area contributed by atoms with Crippen LogP contribution in [0.5, 0.6) is 0 Å². The first-order chi connectivity index (χ1) is 8.63. The van der Waals surface area contributed by atoms with Crippen LogP contribution in [-0.2, 0) is 22.3 Å². The summed E-state index contributed by atoms with van der Waals surface area (Å²) in [5, 5.41) is 0.670. The van der Waals surface area contributed by atoms with E-state index in [4.69, 9.17) is 11.6 Å². The minimum Gasteiger partial charge on any atom is -0.259 e. The summed E-state index contributed by atoms with van der Waals surface area (Å²) >= 11 is 5.78. The summed E-state index contributed by atoms with van der Waals surface area (Å²) < 4.78 is 24.7. The molecule has 1 atom stereocenters. The molecule has 1 nitrogen and oxygen atoms in total. The molecule has 0 aliphatic heterocycles. The Morgan fingerprint density at radius 2 is 1.33 bits per heavy atom. The molecular weight excluding hydrogens is 271 g/mol. The molecule has 0 amide bonds. The van der Waals surface area contributed by atoms with Gasteiger partial charge in [0.05, 0.1) is 0 Å². The zero-order chi connectivity index (χ0) is 13.0. The quantitative estimate of drug-likeness (QED) is 0.830. The van der Waals surface area contributed by atoms with Gasteiger partial charge in [-0.05, 0) is 35.4 Å². The van der Waals surface area contributed by atoms with Gasteiger partial charge in [-0.15, -0.1) is 0 Å². The van der Waals surface area contributed by atoms with Crippen molar-refractivity contribution >= 4 is 22.4 Å². The molecule has 0 spiro atoms. The first-order valence-electron chi connectivity index (χ1n) is 5.47. The SMILES string of the molecule is O=[S@@](Cc1ccc(F)cc1)Cc1ccc(Cl)cc1. The van der Waals surface area contributed by atoms with Crippen LogP contribution in [0.3, 0.4) is 0 Å². The minimum atomic E-state index is -1.00. The lowest BCUT2D eigenvalue weighted by Crippen LogP contribution is -1.99. The van der Waals surface area contributed by atoms with E-state index in [2.05, 4.69) is 0 Å². The predicted molar refractivity (Wildman–Crippen MR) is 73.4 cm³/mol. The van der Waals surface area contributed by atoms with Crippen molar-refractivity contribution in [2.45, 2.75) is 11.5 Å². The second-order valence-electron chi connectivity index (χ2n) is 3.98. The van der Waals surface area contributed by atoms with Gasteiger partial charge in [0, 0.05) is 27.3 Å². The molecule has 94 valence electrons. The molecule has 2 aromatic carbocycles. The molecule has 0 aromatic heterocycles. The maximum absolute atomic E-state index is 12.7. The molecule has 0 fully saturated rings. The average molecular weight is 283 g/mol. The lowest BCUT2D eigenvalue weighted by Gasteiger charge is -2.03. The molecule has 2 rings (SSSR count). The van der Waals surface area contributed by atoms with Crippen LogP contribution < -0.4 is 0 Å². The third-order valence-corrected chi connectivity index (χ3v) is 4.04. The monoisotopic (exact) mass is 282 g/mol. The van der Waals surface area contributed by atoms with E-state index < -0.39 is 10.8 Å². The zero-order valence-corrected chi connectivity index (χ0v) is 11.2. The van der Waals surface area contributed by atoms with E-state index in [9.17, 15) is 8.60 Å². The Labute approximate surface area is 113 Å². The van der Waals surface area contributed by atoms with Crippen molar-refractivity contribution in [1.82, 2.24) is 0 Å². The standard InChI is InChI=1S/C14H12ClFOS/c15-13-5-1-11(2-6-13)9-18(17)10-12-3-7-14(16)8-4-12/h1-8H,9-10H2/t18-/m1/s1. The molecule has 4 heteroatoms. The third-order valence-electron chi connectivity index (χ3n) is 2.48. The van der Waals surface area contributed by atoms with E-state index in [0.29, 0.717) is 16.5 Å². The van der Waals surface area contributed by atoms with Gasteiger partial charge < -0.3 is 0 Å². The summed E-state index contributed by atoms with van der Waals surface area (Å²) in [5.74, 6) is 0.638. The third kappa shape index (κ3) is 3.93. The number of hydrogen-bond acceptors (Lipinski definition) is 1. The topological polar surface area (TPSA) is 17.1 Å². The van der Waals surface area contributed by atoms with Crippen LogP contribution >= 0.6 is 11.6 Å². The van der Waals surface area contributed by atoms with Crippen LogP contribution in [0, 0.1) is 5.82 Å². The van der Waals surface area contributed by atoms with Crippen molar-refractivity contribution in [2.75, 3.05) is 0 Å². The first-order valence-corrected chi connectivity index (χ1v) is 7.34. The number of rotatable bonds is 4.